The number of rotatable bonds is 10. The molecule has 2 aliphatic heterocycles. The van der Waals surface area contributed by atoms with E-state index in [2.05, 4.69) is 5.32 Å². The summed E-state index contributed by atoms with van der Waals surface area (Å²) in [6.07, 6.45) is -4.14. The molecular weight excluding hydrogens is 496 g/mol. The minimum Gasteiger partial charge on any atom is -0.465 e. The highest BCUT2D eigenvalue weighted by Gasteiger charge is 2.58. The fraction of sp³-hybridized carbons (Fsp3) is 0.783. The van der Waals surface area contributed by atoms with Crippen molar-refractivity contribution in [3.8, 4) is 0 Å². The number of amides is 1. The maximum absolute atomic E-state index is 13.0. The molecule has 1 amide bonds. The first kappa shape index (κ1) is 30.4. The van der Waals surface area contributed by atoms with E-state index in [0.29, 0.717) is 26.3 Å². The lowest BCUT2D eigenvalue weighted by atomic mass is 9.85. The molecule has 0 spiro atoms. The molecule has 0 radical (unpaired) electrons. The van der Waals surface area contributed by atoms with Crippen LogP contribution < -0.4 is 5.32 Å². The molecule has 2 aliphatic rings. The molecule has 0 aromatic rings. The van der Waals surface area contributed by atoms with Gasteiger partial charge in [-0.05, 0) is 0 Å². The zero-order chi connectivity index (χ0) is 27.8. The van der Waals surface area contributed by atoms with Crippen molar-refractivity contribution in [1.29, 1.82) is 0 Å². The van der Waals surface area contributed by atoms with E-state index in [-0.39, 0.29) is 6.42 Å². The number of ether oxygens (including phenoxy) is 7. The minimum atomic E-state index is -1.96. The zero-order valence-electron chi connectivity index (χ0n) is 22.0. The van der Waals surface area contributed by atoms with Crippen molar-refractivity contribution in [2.45, 2.75) is 70.3 Å². The molecule has 0 aliphatic carbocycles. The van der Waals surface area contributed by atoms with E-state index < -0.39 is 72.6 Å². The second-order valence-corrected chi connectivity index (χ2v) is 8.70. The first-order chi connectivity index (χ1) is 17.4. The van der Waals surface area contributed by atoms with Gasteiger partial charge in [0.15, 0.2) is 12.2 Å². The molecule has 2 rings (SSSR count). The van der Waals surface area contributed by atoms with Crippen molar-refractivity contribution in [3.63, 3.8) is 0 Å². The second kappa shape index (κ2) is 13.7. The summed E-state index contributed by atoms with van der Waals surface area (Å²) >= 11 is 0. The third kappa shape index (κ3) is 8.09. The van der Waals surface area contributed by atoms with Gasteiger partial charge in [-0.15, -0.1) is 0 Å². The molecule has 0 unspecified atom stereocenters. The van der Waals surface area contributed by atoms with Crippen LogP contribution in [0.15, 0.2) is 0 Å². The van der Waals surface area contributed by atoms with E-state index in [0.717, 1.165) is 27.9 Å². The summed E-state index contributed by atoms with van der Waals surface area (Å²) in [5.41, 5.74) is 0. The van der Waals surface area contributed by atoms with Crippen molar-refractivity contribution in [2.24, 2.45) is 0 Å². The van der Waals surface area contributed by atoms with Crippen LogP contribution in [0.4, 0.5) is 0 Å². The van der Waals surface area contributed by atoms with E-state index in [1.54, 1.807) is 0 Å². The van der Waals surface area contributed by atoms with Gasteiger partial charge in [-0.25, -0.2) is 4.79 Å². The van der Waals surface area contributed by atoms with Crippen LogP contribution in [-0.4, -0.2) is 118 Å². The van der Waals surface area contributed by atoms with Crippen LogP contribution >= 0.6 is 0 Å². The first-order valence-corrected chi connectivity index (χ1v) is 11.8. The predicted molar refractivity (Wildman–Crippen MR) is 123 cm³/mol. The summed E-state index contributed by atoms with van der Waals surface area (Å²) in [6.45, 7) is 5.97. The number of hydrogen-bond acceptors (Lipinski definition) is 13. The normalized spacial score (nSPS) is 27.8. The zero-order valence-corrected chi connectivity index (χ0v) is 22.0. The Labute approximate surface area is 215 Å². The Morgan fingerprint density at radius 3 is 2.08 bits per heavy atom. The van der Waals surface area contributed by atoms with Gasteiger partial charge in [0, 0.05) is 60.4 Å². The number of carbonyl (C=O) groups is 5. The molecule has 14 heteroatoms. The maximum Gasteiger partial charge on any atom is 0.366 e. The van der Waals surface area contributed by atoms with Crippen LogP contribution in [0.1, 0.15) is 34.1 Å². The smallest absolute Gasteiger partial charge is 0.366 e. The molecule has 6 atom stereocenters. The van der Waals surface area contributed by atoms with Crippen molar-refractivity contribution < 1.29 is 57.1 Å². The van der Waals surface area contributed by atoms with E-state index in [1.165, 1.54) is 14.0 Å². The van der Waals surface area contributed by atoms with Gasteiger partial charge in [-0.2, -0.15) is 0 Å². The lowest BCUT2D eigenvalue weighted by Crippen LogP contribution is -2.72. The fourth-order valence-electron chi connectivity index (χ4n) is 4.57. The Balaban J connectivity index is 2.66. The summed E-state index contributed by atoms with van der Waals surface area (Å²) in [6, 6.07) is -1.47. The highest BCUT2D eigenvalue weighted by Crippen LogP contribution is 2.37. The fourth-order valence-corrected chi connectivity index (χ4v) is 4.57. The molecule has 2 saturated heterocycles. The van der Waals surface area contributed by atoms with Gasteiger partial charge in [0.05, 0.1) is 26.4 Å². The van der Waals surface area contributed by atoms with Crippen LogP contribution in [0.25, 0.3) is 0 Å². The van der Waals surface area contributed by atoms with Gasteiger partial charge in [-0.1, -0.05) is 0 Å². The number of morpholine rings is 1. The summed E-state index contributed by atoms with van der Waals surface area (Å²) in [5.74, 6) is -5.44. The average Bonchev–Trinajstić information content (AvgIpc) is 2.84. The van der Waals surface area contributed by atoms with E-state index in [1.807, 2.05) is 4.90 Å². The molecule has 0 aromatic heterocycles. The van der Waals surface area contributed by atoms with Crippen LogP contribution in [0.2, 0.25) is 0 Å². The molecule has 37 heavy (non-hydrogen) atoms. The number of nitrogens with zero attached hydrogens (tertiary/aromatic N) is 1. The second-order valence-electron chi connectivity index (χ2n) is 8.70. The van der Waals surface area contributed by atoms with Crippen LogP contribution in [0, 0.1) is 0 Å². The summed E-state index contributed by atoms with van der Waals surface area (Å²) in [5, 5.41) is 2.83. The monoisotopic (exact) mass is 532 g/mol. The maximum atomic E-state index is 13.0. The van der Waals surface area contributed by atoms with Gasteiger partial charge in [-0.3, -0.25) is 24.1 Å². The van der Waals surface area contributed by atoms with Crippen molar-refractivity contribution in [1.82, 2.24) is 10.2 Å². The number of nitrogens with one attached hydrogen (secondary N) is 1. The van der Waals surface area contributed by atoms with Crippen molar-refractivity contribution in [3.05, 3.63) is 0 Å². The highest BCUT2D eigenvalue weighted by molar-refractivity contribution is 5.78. The molecule has 1 N–H and O–H groups in total. The molecular formula is C23H36N2O12. The van der Waals surface area contributed by atoms with Crippen molar-refractivity contribution in [2.75, 3.05) is 47.1 Å². The van der Waals surface area contributed by atoms with E-state index >= 15 is 0 Å². The Morgan fingerprint density at radius 2 is 1.59 bits per heavy atom. The molecule has 2 fully saturated rings. The van der Waals surface area contributed by atoms with Crippen molar-refractivity contribution >= 4 is 29.8 Å². The Hall–Kier alpha value is -2.81. The number of methoxy groups -OCH3 is 2. The largest absolute Gasteiger partial charge is 0.465 e. The topological polar surface area (TPSA) is 165 Å². The number of carbonyl (C=O) groups excluding carboxylic acids is 5. The third-order valence-electron chi connectivity index (χ3n) is 6.04. The van der Waals surface area contributed by atoms with E-state index in [4.69, 9.17) is 33.2 Å². The summed E-state index contributed by atoms with van der Waals surface area (Å²) in [4.78, 5) is 63.0. The summed E-state index contributed by atoms with van der Waals surface area (Å²) in [7, 11) is 2.42. The van der Waals surface area contributed by atoms with Gasteiger partial charge < -0.3 is 38.5 Å². The molecule has 0 bridgehead atoms. The lowest BCUT2D eigenvalue weighted by molar-refractivity contribution is -0.302. The first-order valence-electron chi connectivity index (χ1n) is 11.8. The number of esters is 4. The third-order valence-corrected chi connectivity index (χ3v) is 6.04. The van der Waals surface area contributed by atoms with Gasteiger partial charge >= 0.3 is 23.9 Å². The molecule has 0 aromatic carbocycles. The number of hydrogen-bond donors (Lipinski definition) is 1. The molecule has 0 saturated carbocycles. The Kier molecular flexibility index (Phi) is 11.2. The SMILES string of the molecule is COC(=O)[C@@]1(OC)C[C@H](N2CCOCC2)[C@@H](NC(C)=O)[C@H]([C@H](OC(C)=O)[C@@H](COC(C)=O)OC(C)=O)O1. The van der Waals surface area contributed by atoms with Gasteiger partial charge in [0.25, 0.3) is 5.79 Å². The van der Waals surface area contributed by atoms with Crippen LogP contribution in [0.5, 0.6) is 0 Å². The highest BCUT2D eigenvalue weighted by atomic mass is 16.7. The molecule has 14 nitrogen and oxygen atoms in total. The van der Waals surface area contributed by atoms with Gasteiger partial charge in [0.1, 0.15) is 12.7 Å². The average molecular weight is 533 g/mol. The van der Waals surface area contributed by atoms with Gasteiger partial charge in [0.2, 0.25) is 5.91 Å². The predicted octanol–water partition coefficient (Wildman–Crippen LogP) is -1.08. The molecule has 210 valence electrons. The molecule has 2 heterocycles. The van der Waals surface area contributed by atoms with E-state index in [9.17, 15) is 24.0 Å². The quantitative estimate of drug-likeness (QED) is 0.267. The Bertz CT molecular complexity index is 846. The minimum absolute atomic E-state index is 0.0490. The van der Waals surface area contributed by atoms with Crippen LogP contribution in [0.3, 0.4) is 0 Å². The standard InChI is InChI=1S/C23H36N2O12/c1-13(26)24-19-17(25-7-9-33-10-8-25)11-23(32-6,22(30)31-5)37-21(19)20(36-16(4)29)18(35-15(3)28)12-34-14(2)27/h17-21H,7-12H2,1-6H3,(H,24,26)/t17-,18+,19+,20+,21+,23+/m0/s1. The lowest BCUT2D eigenvalue weighted by Gasteiger charge is -2.52. The van der Waals surface area contributed by atoms with Crippen LogP contribution in [-0.2, 0) is 57.1 Å². The summed E-state index contributed by atoms with van der Waals surface area (Å²) < 4.78 is 38.1. The Morgan fingerprint density at radius 1 is 0.973 bits per heavy atom.